The Kier molecular flexibility index (Phi) is 4.14. The molecule has 138 valence electrons. The predicted molar refractivity (Wildman–Crippen MR) is 93.2 cm³/mol. The van der Waals surface area contributed by atoms with Crippen molar-refractivity contribution in [2.75, 3.05) is 31.1 Å². The summed E-state index contributed by atoms with van der Waals surface area (Å²) in [5.74, 6) is -0.263. The van der Waals surface area contributed by atoms with E-state index in [1.165, 1.54) is 0 Å². The molecule has 0 unspecified atom stereocenters. The number of fused-ring (bicyclic) bond motifs is 1. The van der Waals surface area contributed by atoms with Crippen LogP contribution in [0.5, 0.6) is 0 Å². The second-order valence-corrected chi connectivity index (χ2v) is 8.96. The van der Waals surface area contributed by atoms with Crippen LogP contribution in [0.1, 0.15) is 34.6 Å². The first-order valence-corrected chi connectivity index (χ1v) is 8.71. The summed E-state index contributed by atoms with van der Waals surface area (Å²) in [7, 11) is 0. The maximum atomic E-state index is 14.1. The Bertz CT molecular complexity index is 690. The van der Waals surface area contributed by atoms with Crippen LogP contribution in [0.2, 0.25) is 5.28 Å². The monoisotopic (exact) mass is 370 g/mol. The Morgan fingerprint density at radius 3 is 2.32 bits per heavy atom. The fourth-order valence-corrected chi connectivity index (χ4v) is 3.95. The van der Waals surface area contributed by atoms with Gasteiger partial charge in [-0.25, -0.2) is 14.2 Å². The van der Waals surface area contributed by atoms with Crippen LogP contribution in [0, 0.1) is 16.6 Å². The topological polar surface area (TPSA) is 58.6 Å². The number of anilines is 1. The minimum atomic E-state index is -0.524. The summed E-state index contributed by atoms with van der Waals surface area (Å²) in [5.41, 5.74) is -0.898. The molecule has 1 aromatic heterocycles. The minimum Gasteiger partial charge on any atom is -0.444 e. The van der Waals surface area contributed by atoms with E-state index in [1.54, 1.807) is 4.90 Å². The zero-order valence-electron chi connectivity index (χ0n) is 15.3. The summed E-state index contributed by atoms with van der Waals surface area (Å²) >= 11 is 5.83. The number of halogens is 2. The van der Waals surface area contributed by atoms with Crippen molar-refractivity contribution >= 4 is 23.5 Å². The number of hydrogen-bond donors (Lipinski definition) is 0. The smallest absolute Gasteiger partial charge is 0.410 e. The van der Waals surface area contributed by atoms with E-state index < -0.39 is 11.4 Å². The van der Waals surface area contributed by atoms with Gasteiger partial charge >= 0.3 is 6.09 Å². The van der Waals surface area contributed by atoms with Gasteiger partial charge in [0, 0.05) is 37.0 Å². The van der Waals surface area contributed by atoms with Gasteiger partial charge < -0.3 is 14.5 Å². The summed E-state index contributed by atoms with van der Waals surface area (Å²) < 4.78 is 19.6. The highest BCUT2D eigenvalue weighted by atomic mass is 35.5. The molecule has 25 heavy (non-hydrogen) atoms. The molecule has 0 aliphatic carbocycles. The number of aromatic nitrogens is 2. The Hall–Kier alpha value is -1.63. The molecule has 0 radical (unpaired) electrons. The lowest BCUT2D eigenvalue weighted by molar-refractivity contribution is 0.0269. The SMILES string of the molecule is CC(C)(C)OC(=O)N1C[C@@]2(C)CN(c3nc(Cl)ncc3F)C[C@@]2(C)C1. The molecule has 3 rings (SSSR count). The summed E-state index contributed by atoms with van der Waals surface area (Å²) in [6, 6.07) is 0. The largest absolute Gasteiger partial charge is 0.444 e. The van der Waals surface area contributed by atoms with Gasteiger partial charge in [-0.1, -0.05) is 13.8 Å². The fraction of sp³-hybridized carbons (Fsp3) is 0.706. The molecule has 8 heteroatoms. The number of nitrogens with zero attached hydrogens (tertiary/aromatic N) is 4. The van der Waals surface area contributed by atoms with Gasteiger partial charge in [-0.2, -0.15) is 4.98 Å². The molecular weight excluding hydrogens is 347 g/mol. The quantitative estimate of drug-likeness (QED) is 0.709. The maximum absolute atomic E-state index is 14.1. The molecule has 3 heterocycles. The number of likely N-dealkylation sites (tertiary alicyclic amines) is 1. The van der Waals surface area contributed by atoms with Crippen molar-refractivity contribution in [1.82, 2.24) is 14.9 Å². The second-order valence-electron chi connectivity index (χ2n) is 8.62. The van der Waals surface area contributed by atoms with Crippen LogP contribution in [0.15, 0.2) is 6.20 Å². The van der Waals surface area contributed by atoms with Crippen molar-refractivity contribution < 1.29 is 13.9 Å². The Balaban J connectivity index is 1.79. The van der Waals surface area contributed by atoms with Gasteiger partial charge in [-0.15, -0.1) is 0 Å². The second kappa shape index (κ2) is 5.69. The van der Waals surface area contributed by atoms with E-state index in [2.05, 4.69) is 23.8 Å². The highest BCUT2D eigenvalue weighted by molar-refractivity contribution is 6.28. The third-order valence-electron chi connectivity index (χ3n) is 5.26. The van der Waals surface area contributed by atoms with Gasteiger partial charge in [-0.3, -0.25) is 0 Å². The van der Waals surface area contributed by atoms with E-state index in [9.17, 15) is 9.18 Å². The van der Waals surface area contributed by atoms with E-state index in [0.717, 1.165) is 6.20 Å². The van der Waals surface area contributed by atoms with Gasteiger partial charge in [0.15, 0.2) is 11.6 Å². The van der Waals surface area contributed by atoms with E-state index in [4.69, 9.17) is 16.3 Å². The number of hydrogen-bond acceptors (Lipinski definition) is 5. The number of rotatable bonds is 1. The third-order valence-corrected chi connectivity index (χ3v) is 5.45. The Morgan fingerprint density at radius 2 is 1.80 bits per heavy atom. The molecule has 6 nitrogen and oxygen atoms in total. The summed E-state index contributed by atoms with van der Waals surface area (Å²) in [5, 5.41) is 0.0270. The van der Waals surface area contributed by atoms with Crippen LogP contribution in [0.4, 0.5) is 15.0 Å². The normalized spacial score (nSPS) is 29.1. The van der Waals surface area contributed by atoms with Crippen LogP contribution in [-0.4, -0.2) is 52.7 Å². The maximum Gasteiger partial charge on any atom is 0.410 e. The molecule has 0 spiro atoms. The highest BCUT2D eigenvalue weighted by Crippen LogP contribution is 2.52. The zero-order valence-corrected chi connectivity index (χ0v) is 16.0. The van der Waals surface area contributed by atoms with E-state index in [-0.39, 0.29) is 28.0 Å². The minimum absolute atomic E-state index is 0.0270. The molecule has 1 aromatic rings. The molecule has 2 saturated heterocycles. The zero-order chi connectivity index (χ0) is 18.6. The Labute approximate surface area is 152 Å². The van der Waals surface area contributed by atoms with Crippen molar-refractivity contribution in [2.24, 2.45) is 10.8 Å². The van der Waals surface area contributed by atoms with Gasteiger partial charge in [-0.05, 0) is 32.4 Å². The van der Waals surface area contributed by atoms with Crippen LogP contribution < -0.4 is 4.90 Å². The summed E-state index contributed by atoms with van der Waals surface area (Å²) in [4.78, 5) is 23.8. The molecule has 1 amide bonds. The highest BCUT2D eigenvalue weighted by Gasteiger charge is 2.59. The molecular formula is C17H24ClFN4O2. The number of carbonyl (C=O) groups excluding carboxylic acids is 1. The molecule has 2 aliphatic heterocycles. The first kappa shape index (κ1) is 18.2. The predicted octanol–water partition coefficient (Wildman–Crippen LogP) is 3.35. The third kappa shape index (κ3) is 3.26. The van der Waals surface area contributed by atoms with Crippen LogP contribution in [0.25, 0.3) is 0 Å². The van der Waals surface area contributed by atoms with Gasteiger partial charge in [0.1, 0.15) is 5.60 Å². The van der Waals surface area contributed by atoms with E-state index in [0.29, 0.717) is 26.2 Å². The van der Waals surface area contributed by atoms with Crippen molar-refractivity contribution in [3.05, 3.63) is 17.3 Å². The molecule has 0 N–H and O–H groups in total. The number of amides is 1. The van der Waals surface area contributed by atoms with Crippen molar-refractivity contribution in [2.45, 2.75) is 40.2 Å². The van der Waals surface area contributed by atoms with Gasteiger partial charge in [0.05, 0.1) is 6.20 Å². The van der Waals surface area contributed by atoms with Crippen LogP contribution in [-0.2, 0) is 4.74 Å². The molecule has 2 fully saturated rings. The summed E-state index contributed by atoms with van der Waals surface area (Å²) in [6.07, 6.45) is 0.795. The average molecular weight is 371 g/mol. The summed E-state index contributed by atoms with van der Waals surface area (Å²) in [6.45, 7) is 12.1. The van der Waals surface area contributed by atoms with Crippen LogP contribution >= 0.6 is 11.6 Å². The molecule has 2 atom stereocenters. The molecule has 2 aliphatic rings. The van der Waals surface area contributed by atoms with Gasteiger partial charge in [0.25, 0.3) is 0 Å². The fourth-order valence-electron chi connectivity index (χ4n) is 3.82. The van der Waals surface area contributed by atoms with Crippen LogP contribution in [0.3, 0.4) is 0 Å². The molecule has 0 bridgehead atoms. The first-order chi connectivity index (χ1) is 11.4. The lowest BCUT2D eigenvalue weighted by atomic mass is 9.71. The molecule has 0 aromatic carbocycles. The van der Waals surface area contributed by atoms with E-state index >= 15 is 0 Å². The van der Waals surface area contributed by atoms with Crippen molar-refractivity contribution in [3.63, 3.8) is 0 Å². The average Bonchev–Trinajstić information content (AvgIpc) is 2.84. The number of ether oxygens (including phenoxy) is 1. The Morgan fingerprint density at radius 1 is 1.24 bits per heavy atom. The number of carbonyl (C=O) groups is 1. The lowest BCUT2D eigenvalue weighted by Gasteiger charge is -2.29. The lowest BCUT2D eigenvalue weighted by Crippen LogP contribution is -2.39. The van der Waals surface area contributed by atoms with Gasteiger partial charge in [0.2, 0.25) is 5.28 Å². The molecule has 0 saturated carbocycles. The standard InChI is InChI=1S/C17H24ClFN4O2/c1-15(2,3)25-14(24)23-9-16(4)7-22(8-17(16,5)10-23)12-11(19)6-20-13(18)21-12/h6H,7-10H2,1-5H3/t16-,17+. The van der Waals surface area contributed by atoms with Crippen molar-refractivity contribution in [1.29, 1.82) is 0 Å². The first-order valence-electron chi connectivity index (χ1n) is 8.33. The van der Waals surface area contributed by atoms with Crippen molar-refractivity contribution in [3.8, 4) is 0 Å². The van der Waals surface area contributed by atoms with E-state index in [1.807, 2.05) is 25.7 Å².